The monoisotopic (exact) mass is 451 g/mol. The van der Waals surface area contributed by atoms with Crippen LogP contribution >= 0.6 is 0 Å². The predicted octanol–water partition coefficient (Wildman–Crippen LogP) is 6.72. The fraction of sp³-hybridized carbons (Fsp3) is 0.769. The first-order valence-electron chi connectivity index (χ1n) is 12.6. The van der Waals surface area contributed by atoms with Crippen LogP contribution in [0.2, 0.25) is 0 Å². The number of benzene rings is 1. The molecule has 0 unspecified atom stereocenters. The average molecular weight is 452 g/mol. The topological polar surface area (TPSA) is 46.6 Å². The van der Waals surface area contributed by atoms with Crippen molar-refractivity contribution < 1.29 is 13.2 Å². The first-order valence-corrected chi connectivity index (χ1v) is 14.0. The Kier molecular flexibility index (Phi) is 11.6. The van der Waals surface area contributed by atoms with Gasteiger partial charge < -0.3 is 4.74 Å². The summed E-state index contributed by atoms with van der Waals surface area (Å²) in [6, 6.07) is 7.20. The van der Waals surface area contributed by atoms with Gasteiger partial charge in [-0.25, -0.2) is 8.42 Å². The third-order valence-electron chi connectivity index (χ3n) is 6.47. The predicted molar refractivity (Wildman–Crippen MR) is 130 cm³/mol. The van der Waals surface area contributed by atoms with Crippen molar-refractivity contribution in [3.63, 3.8) is 0 Å². The van der Waals surface area contributed by atoms with Gasteiger partial charge in [0.2, 0.25) is 10.0 Å². The molecule has 1 aliphatic rings. The second-order valence-corrected chi connectivity index (χ2v) is 11.6. The van der Waals surface area contributed by atoms with Gasteiger partial charge in [-0.15, -0.1) is 0 Å². The van der Waals surface area contributed by atoms with Crippen molar-refractivity contribution in [3.8, 4) is 0 Å². The summed E-state index contributed by atoms with van der Waals surface area (Å²) in [5.74, 6) is 0.396. The standard InChI is InChI=1S/C26H45NO3S/c1-5-6-7-8-9-10-11-12-13-14-24-21-27(20-19-26(30-24)22(2)3)31(28,29)25-17-15-23(4)16-18-25/h15-18,22,24,26H,5-14,19-21H2,1-4H3/t24-,26-/m1/s1. The van der Waals surface area contributed by atoms with Crippen LogP contribution in [0.15, 0.2) is 29.2 Å². The molecule has 178 valence electrons. The zero-order valence-corrected chi connectivity index (χ0v) is 21.1. The largest absolute Gasteiger partial charge is 0.373 e. The maximum atomic E-state index is 13.3. The van der Waals surface area contributed by atoms with Crippen LogP contribution in [0, 0.1) is 12.8 Å². The van der Waals surface area contributed by atoms with Crippen molar-refractivity contribution >= 4 is 10.0 Å². The normalized spacial score (nSPS) is 20.8. The highest BCUT2D eigenvalue weighted by Gasteiger charge is 2.33. The molecule has 1 fully saturated rings. The molecule has 0 bridgehead atoms. The van der Waals surface area contributed by atoms with Gasteiger partial charge in [0.05, 0.1) is 17.1 Å². The minimum absolute atomic E-state index is 0.0142. The Morgan fingerprint density at radius 2 is 1.55 bits per heavy atom. The van der Waals surface area contributed by atoms with E-state index in [1.807, 2.05) is 19.1 Å². The molecule has 0 N–H and O–H groups in total. The second kappa shape index (κ2) is 13.6. The van der Waals surface area contributed by atoms with E-state index in [-0.39, 0.29) is 12.2 Å². The summed E-state index contributed by atoms with van der Waals surface area (Å²) in [5, 5.41) is 0. The number of aryl methyl sites for hydroxylation is 1. The molecule has 0 aromatic heterocycles. The lowest BCUT2D eigenvalue weighted by atomic mass is 10.0. The van der Waals surface area contributed by atoms with Gasteiger partial charge in [0.15, 0.2) is 0 Å². The van der Waals surface area contributed by atoms with Crippen LogP contribution in [0.4, 0.5) is 0 Å². The molecule has 0 spiro atoms. The number of nitrogens with zero attached hydrogens (tertiary/aromatic N) is 1. The molecule has 0 radical (unpaired) electrons. The van der Waals surface area contributed by atoms with Crippen molar-refractivity contribution in [2.24, 2.45) is 5.92 Å². The Balaban J connectivity index is 1.89. The van der Waals surface area contributed by atoms with Crippen LogP contribution in [0.1, 0.15) is 97.0 Å². The van der Waals surface area contributed by atoms with Crippen molar-refractivity contribution in [1.82, 2.24) is 4.31 Å². The highest BCUT2D eigenvalue weighted by atomic mass is 32.2. The molecule has 1 aromatic rings. The molecule has 1 aromatic carbocycles. The van der Waals surface area contributed by atoms with Gasteiger partial charge in [0.25, 0.3) is 0 Å². The zero-order chi connectivity index (χ0) is 22.7. The van der Waals surface area contributed by atoms with E-state index in [4.69, 9.17) is 4.74 Å². The van der Waals surface area contributed by atoms with E-state index >= 15 is 0 Å². The maximum Gasteiger partial charge on any atom is 0.243 e. The van der Waals surface area contributed by atoms with E-state index in [1.165, 1.54) is 51.4 Å². The lowest BCUT2D eigenvalue weighted by Crippen LogP contribution is -2.37. The number of ether oxygens (including phenoxy) is 1. The third kappa shape index (κ3) is 8.86. The van der Waals surface area contributed by atoms with Gasteiger partial charge in [-0.2, -0.15) is 4.31 Å². The minimum atomic E-state index is -3.48. The molecule has 5 heteroatoms. The maximum absolute atomic E-state index is 13.3. The van der Waals surface area contributed by atoms with Crippen molar-refractivity contribution in [2.75, 3.05) is 13.1 Å². The number of rotatable bonds is 13. The van der Waals surface area contributed by atoms with Gasteiger partial charge in [0, 0.05) is 13.1 Å². The molecule has 4 nitrogen and oxygen atoms in total. The van der Waals surface area contributed by atoms with Crippen LogP contribution in [0.25, 0.3) is 0 Å². The Morgan fingerprint density at radius 1 is 0.968 bits per heavy atom. The van der Waals surface area contributed by atoms with Gasteiger partial charge in [-0.3, -0.25) is 0 Å². The number of sulfonamides is 1. The van der Waals surface area contributed by atoms with E-state index in [0.717, 1.165) is 24.8 Å². The fourth-order valence-corrected chi connectivity index (χ4v) is 5.84. The fourth-order valence-electron chi connectivity index (χ4n) is 4.36. The smallest absolute Gasteiger partial charge is 0.243 e. The summed E-state index contributed by atoms with van der Waals surface area (Å²) in [4.78, 5) is 0.392. The number of hydrogen-bond donors (Lipinski definition) is 0. The van der Waals surface area contributed by atoms with E-state index < -0.39 is 10.0 Å². The number of hydrogen-bond acceptors (Lipinski definition) is 3. The average Bonchev–Trinajstić information content (AvgIpc) is 2.96. The summed E-state index contributed by atoms with van der Waals surface area (Å²) in [7, 11) is -3.48. The Labute approximate surface area is 191 Å². The molecular weight excluding hydrogens is 406 g/mol. The lowest BCUT2D eigenvalue weighted by molar-refractivity contribution is -0.0315. The first-order chi connectivity index (χ1) is 14.8. The lowest BCUT2D eigenvalue weighted by Gasteiger charge is -2.25. The van der Waals surface area contributed by atoms with Gasteiger partial charge in [-0.1, -0.05) is 96.3 Å². The molecule has 1 aliphatic heterocycles. The van der Waals surface area contributed by atoms with Crippen molar-refractivity contribution in [2.45, 2.75) is 115 Å². The summed E-state index contributed by atoms with van der Waals surface area (Å²) in [5.41, 5.74) is 1.07. The Morgan fingerprint density at radius 3 is 2.13 bits per heavy atom. The molecule has 0 aliphatic carbocycles. The minimum Gasteiger partial charge on any atom is -0.373 e. The highest BCUT2D eigenvalue weighted by molar-refractivity contribution is 7.89. The summed E-state index contributed by atoms with van der Waals surface area (Å²) >= 11 is 0. The summed E-state index contributed by atoms with van der Waals surface area (Å²) < 4.78 is 34.6. The van der Waals surface area contributed by atoms with Crippen LogP contribution in [0.3, 0.4) is 0 Å². The molecular formula is C26H45NO3S. The van der Waals surface area contributed by atoms with Gasteiger partial charge in [-0.05, 0) is 37.8 Å². The van der Waals surface area contributed by atoms with Gasteiger partial charge in [0.1, 0.15) is 0 Å². The van der Waals surface area contributed by atoms with E-state index in [2.05, 4.69) is 20.8 Å². The molecule has 2 rings (SSSR count). The molecule has 1 saturated heterocycles. The highest BCUT2D eigenvalue weighted by Crippen LogP contribution is 2.26. The molecule has 2 atom stereocenters. The van der Waals surface area contributed by atoms with E-state index in [1.54, 1.807) is 16.4 Å². The molecule has 1 heterocycles. The summed E-state index contributed by atoms with van der Waals surface area (Å²) in [6.07, 6.45) is 13.5. The van der Waals surface area contributed by atoms with Crippen molar-refractivity contribution in [1.29, 1.82) is 0 Å². The van der Waals surface area contributed by atoms with E-state index in [0.29, 0.717) is 23.9 Å². The van der Waals surface area contributed by atoms with Crippen molar-refractivity contribution in [3.05, 3.63) is 29.8 Å². The molecule has 31 heavy (non-hydrogen) atoms. The van der Waals surface area contributed by atoms with Crippen LogP contribution in [-0.2, 0) is 14.8 Å². The molecule has 0 saturated carbocycles. The Hall–Kier alpha value is -0.910. The van der Waals surface area contributed by atoms with Crippen LogP contribution < -0.4 is 0 Å². The van der Waals surface area contributed by atoms with Gasteiger partial charge >= 0.3 is 0 Å². The summed E-state index contributed by atoms with van der Waals surface area (Å²) in [6.45, 7) is 9.58. The third-order valence-corrected chi connectivity index (χ3v) is 8.35. The molecule has 0 amide bonds. The van der Waals surface area contributed by atoms with Crippen LogP contribution in [-0.4, -0.2) is 38.0 Å². The Bertz CT molecular complexity index is 715. The van der Waals surface area contributed by atoms with Crippen LogP contribution in [0.5, 0.6) is 0 Å². The quantitative estimate of drug-likeness (QED) is 0.313. The zero-order valence-electron chi connectivity index (χ0n) is 20.3. The number of unbranched alkanes of at least 4 members (excludes halogenated alkanes) is 8. The SMILES string of the molecule is CCCCCCCCCCC[C@@H]1CN(S(=O)(=O)c2ccc(C)cc2)CC[C@H](C(C)C)O1. The second-order valence-electron chi connectivity index (χ2n) is 9.62. The first kappa shape index (κ1) is 26.3. The van der Waals surface area contributed by atoms with E-state index in [9.17, 15) is 8.42 Å².